The van der Waals surface area contributed by atoms with Crippen LogP contribution < -0.4 is 0 Å². The molecule has 2 aliphatic heterocycles. The maximum absolute atomic E-state index is 14.2. The molecule has 0 N–H and O–H groups in total. The number of carbonyl (C=O) groups excluding carboxylic acids is 1. The lowest BCUT2D eigenvalue weighted by Crippen LogP contribution is -2.44. The zero-order valence-electron chi connectivity index (χ0n) is 26.1. The molecule has 6 rings (SSSR count). The molecular weight excluding hydrogens is 609 g/mol. The van der Waals surface area contributed by atoms with Crippen molar-refractivity contribution < 1.29 is 31.9 Å². The van der Waals surface area contributed by atoms with Gasteiger partial charge in [0.1, 0.15) is 12.4 Å². The number of alkyl halides is 3. The third-order valence-electron chi connectivity index (χ3n) is 9.19. The monoisotopic (exact) mass is 644 g/mol. The molecule has 0 radical (unpaired) electrons. The van der Waals surface area contributed by atoms with Gasteiger partial charge in [-0.05, 0) is 62.5 Å². The first kappa shape index (κ1) is 32.2. The molecule has 1 saturated heterocycles. The van der Waals surface area contributed by atoms with Gasteiger partial charge >= 0.3 is 12.3 Å². The number of rotatable bonds is 8. The van der Waals surface area contributed by atoms with Crippen molar-refractivity contribution in [3.8, 4) is 0 Å². The number of likely N-dealkylation sites (tertiary alicyclic amines) is 1. The van der Waals surface area contributed by atoms with Crippen molar-refractivity contribution in [3.05, 3.63) is 131 Å². The van der Waals surface area contributed by atoms with E-state index >= 15 is 0 Å². The lowest BCUT2D eigenvalue weighted by Gasteiger charge is -2.43. The van der Waals surface area contributed by atoms with Gasteiger partial charge in [-0.2, -0.15) is 13.2 Å². The summed E-state index contributed by atoms with van der Waals surface area (Å²) in [6.45, 7) is 5.37. The Morgan fingerprint density at radius 1 is 0.915 bits per heavy atom. The van der Waals surface area contributed by atoms with Crippen LogP contribution in [0.3, 0.4) is 0 Å². The number of benzene rings is 3. The van der Waals surface area contributed by atoms with Gasteiger partial charge in [-0.1, -0.05) is 78.9 Å². The molecule has 47 heavy (non-hydrogen) atoms. The second kappa shape index (κ2) is 13.5. The summed E-state index contributed by atoms with van der Waals surface area (Å²) in [6, 6.07) is 26.2. The van der Waals surface area contributed by atoms with Crippen LogP contribution in [0.5, 0.6) is 0 Å². The van der Waals surface area contributed by atoms with E-state index in [-0.39, 0.29) is 34.9 Å². The van der Waals surface area contributed by atoms with E-state index in [2.05, 4.69) is 68.6 Å². The molecule has 2 aliphatic rings. The number of aliphatic imine (C=N–C) groups is 1. The average Bonchev–Trinajstić information content (AvgIpc) is 3.61. The molecule has 0 spiro atoms. The predicted molar refractivity (Wildman–Crippen MR) is 169 cm³/mol. The normalized spacial score (nSPS) is 20.1. The molecule has 0 bridgehead atoms. The Morgan fingerprint density at radius 3 is 2.13 bits per heavy atom. The van der Waals surface area contributed by atoms with Gasteiger partial charge in [-0.25, -0.2) is 4.79 Å². The first-order valence-electron chi connectivity index (χ1n) is 15.5. The van der Waals surface area contributed by atoms with Crippen molar-refractivity contribution in [2.24, 2.45) is 4.99 Å². The van der Waals surface area contributed by atoms with Gasteiger partial charge in [0.25, 0.3) is 0 Å². The standard InChI is InChI=1S/C36H35F3N4O4/c1-24-30(33-42-40-23-46-33)31(28-15-9-10-16-29(28)36(37,38)39)32(25(2)41-24)47-34(44)45-22-21-43-19-17-35(18-20-43,26-11-5-3-6-12-26)27-13-7-4-8-14-27/h3-16,23,30-31H,17-22H2,1-2H3. The number of halogens is 3. The molecule has 1 aromatic heterocycles. The maximum Gasteiger partial charge on any atom is 0.513 e. The van der Waals surface area contributed by atoms with Crippen LogP contribution in [0.1, 0.15) is 66.7 Å². The molecule has 0 amide bonds. The van der Waals surface area contributed by atoms with Gasteiger partial charge in [0, 0.05) is 17.7 Å². The number of nitrogens with zero attached hydrogens (tertiary/aromatic N) is 4. The average molecular weight is 645 g/mol. The van der Waals surface area contributed by atoms with Crippen LogP contribution in [0.25, 0.3) is 0 Å². The zero-order valence-corrected chi connectivity index (χ0v) is 26.1. The molecule has 11 heteroatoms. The van der Waals surface area contributed by atoms with Crippen molar-refractivity contribution in [2.45, 2.75) is 50.1 Å². The number of carbonyl (C=O) groups is 1. The van der Waals surface area contributed by atoms with Crippen LogP contribution in [0.4, 0.5) is 18.0 Å². The Kier molecular flexibility index (Phi) is 9.26. The van der Waals surface area contributed by atoms with Crippen LogP contribution in [0, 0.1) is 0 Å². The zero-order chi connectivity index (χ0) is 33.0. The highest BCUT2D eigenvalue weighted by Gasteiger charge is 2.45. The number of allylic oxidation sites excluding steroid dienone is 2. The smallest absolute Gasteiger partial charge is 0.433 e. The largest absolute Gasteiger partial charge is 0.513 e. The van der Waals surface area contributed by atoms with Crippen molar-refractivity contribution in [2.75, 3.05) is 26.2 Å². The van der Waals surface area contributed by atoms with Crippen molar-refractivity contribution in [1.29, 1.82) is 0 Å². The molecule has 3 heterocycles. The van der Waals surface area contributed by atoms with Crippen LogP contribution >= 0.6 is 0 Å². The molecule has 2 atom stereocenters. The predicted octanol–water partition coefficient (Wildman–Crippen LogP) is 7.90. The summed E-state index contributed by atoms with van der Waals surface area (Å²) in [4.78, 5) is 19.8. The topological polar surface area (TPSA) is 90.1 Å². The molecule has 4 aromatic rings. The number of piperidine rings is 1. The minimum atomic E-state index is -4.66. The first-order chi connectivity index (χ1) is 22.7. The third-order valence-corrected chi connectivity index (χ3v) is 9.19. The van der Waals surface area contributed by atoms with E-state index in [1.54, 1.807) is 13.8 Å². The summed E-state index contributed by atoms with van der Waals surface area (Å²) in [5, 5.41) is 7.69. The minimum Gasteiger partial charge on any atom is -0.433 e. The Balaban J connectivity index is 1.15. The SMILES string of the molecule is CC1=NC(C)=C(OC(=O)OCCN2CCC(c3ccccc3)(c3ccccc3)CC2)C(c2ccccc2C(F)(F)F)C1c1nnco1. The highest BCUT2D eigenvalue weighted by molar-refractivity contribution is 5.91. The van der Waals surface area contributed by atoms with Crippen LogP contribution in [0.15, 0.2) is 112 Å². The molecule has 8 nitrogen and oxygen atoms in total. The molecule has 0 aliphatic carbocycles. The van der Waals surface area contributed by atoms with E-state index < -0.39 is 29.7 Å². The third kappa shape index (κ3) is 6.71. The van der Waals surface area contributed by atoms with Gasteiger partial charge in [-0.15, -0.1) is 10.2 Å². The molecule has 1 fully saturated rings. The Morgan fingerprint density at radius 2 is 1.53 bits per heavy atom. The fourth-order valence-electron chi connectivity index (χ4n) is 6.92. The van der Waals surface area contributed by atoms with Crippen molar-refractivity contribution in [3.63, 3.8) is 0 Å². The van der Waals surface area contributed by atoms with Crippen LogP contribution in [-0.4, -0.2) is 53.2 Å². The van der Waals surface area contributed by atoms with Gasteiger partial charge in [0.2, 0.25) is 12.3 Å². The fourth-order valence-corrected chi connectivity index (χ4v) is 6.92. The summed E-state index contributed by atoms with van der Waals surface area (Å²) in [5.41, 5.74) is 2.18. The number of hydrogen-bond donors (Lipinski definition) is 0. The summed E-state index contributed by atoms with van der Waals surface area (Å²) in [5.74, 6) is -2.02. The van der Waals surface area contributed by atoms with E-state index in [0.29, 0.717) is 12.3 Å². The summed E-state index contributed by atoms with van der Waals surface area (Å²) < 4.78 is 59.2. The molecular formula is C36H35F3N4O4. The van der Waals surface area contributed by atoms with Gasteiger partial charge in [-0.3, -0.25) is 9.89 Å². The lowest BCUT2D eigenvalue weighted by molar-refractivity contribution is -0.138. The fraction of sp³-hybridized carbons (Fsp3) is 0.333. The van der Waals surface area contributed by atoms with Crippen LogP contribution in [0.2, 0.25) is 0 Å². The van der Waals surface area contributed by atoms with E-state index in [1.807, 2.05) is 12.1 Å². The second-order valence-electron chi connectivity index (χ2n) is 11.9. The lowest BCUT2D eigenvalue weighted by atomic mass is 9.68. The number of aromatic nitrogens is 2. The Bertz CT molecular complexity index is 1690. The molecule has 244 valence electrons. The number of hydrogen-bond acceptors (Lipinski definition) is 8. The van der Waals surface area contributed by atoms with Crippen molar-refractivity contribution >= 4 is 11.9 Å². The summed E-state index contributed by atoms with van der Waals surface area (Å²) in [6.07, 6.45) is -2.80. The second-order valence-corrected chi connectivity index (χ2v) is 11.9. The van der Waals surface area contributed by atoms with E-state index in [4.69, 9.17) is 13.9 Å². The highest BCUT2D eigenvalue weighted by Crippen LogP contribution is 2.48. The Labute approximate surface area is 270 Å². The quantitative estimate of drug-likeness (QED) is 0.180. The van der Waals surface area contributed by atoms with E-state index in [1.165, 1.54) is 29.3 Å². The molecule has 0 saturated carbocycles. The molecule has 3 aromatic carbocycles. The Hall–Kier alpha value is -4.77. The van der Waals surface area contributed by atoms with Crippen LogP contribution in [-0.2, 0) is 21.1 Å². The maximum atomic E-state index is 14.2. The molecule has 2 unspecified atom stereocenters. The summed E-state index contributed by atoms with van der Waals surface area (Å²) in [7, 11) is 0. The van der Waals surface area contributed by atoms with Gasteiger partial charge in [0.05, 0.1) is 23.1 Å². The summed E-state index contributed by atoms with van der Waals surface area (Å²) >= 11 is 0. The highest BCUT2D eigenvalue weighted by atomic mass is 19.4. The number of ether oxygens (including phenoxy) is 2. The van der Waals surface area contributed by atoms with Gasteiger partial charge < -0.3 is 13.9 Å². The van der Waals surface area contributed by atoms with E-state index in [9.17, 15) is 18.0 Å². The van der Waals surface area contributed by atoms with E-state index in [0.717, 1.165) is 38.4 Å². The van der Waals surface area contributed by atoms with Gasteiger partial charge in [0.15, 0.2) is 0 Å². The first-order valence-corrected chi connectivity index (χ1v) is 15.5. The minimum absolute atomic E-state index is 0.0496. The van der Waals surface area contributed by atoms with Crippen molar-refractivity contribution in [1.82, 2.24) is 15.1 Å².